The summed E-state index contributed by atoms with van der Waals surface area (Å²) in [5.41, 5.74) is 6.12. The van der Waals surface area contributed by atoms with Crippen LogP contribution in [0.25, 0.3) is 22.2 Å². The number of rotatable bonds is 5. The van der Waals surface area contributed by atoms with E-state index >= 15 is 0 Å². The van der Waals surface area contributed by atoms with Crippen molar-refractivity contribution in [2.75, 3.05) is 0 Å². The topological polar surface area (TPSA) is 17.8 Å². The fourth-order valence-corrected chi connectivity index (χ4v) is 3.48. The second-order valence-electron chi connectivity index (χ2n) is 6.92. The summed E-state index contributed by atoms with van der Waals surface area (Å²) in [6.45, 7) is 5.34. The summed E-state index contributed by atoms with van der Waals surface area (Å²) >= 11 is 0. The minimum atomic E-state index is 0.444. The Balaban J connectivity index is 1.76. The van der Waals surface area contributed by atoms with E-state index in [4.69, 9.17) is 4.98 Å². The first-order chi connectivity index (χ1) is 12.8. The normalized spacial score (nSPS) is 12.4. The lowest BCUT2D eigenvalue weighted by Gasteiger charge is -2.14. The molecule has 0 aliphatic heterocycles. The Bertz CT molecular complexity index is 1010. The molecule has 0 bridgehead atoms. The molecule has 0 saturated heterocycles. The summed E-state index contributed by atoms with van der Waals surface area (Å²) in [4.78, 5) is 4.92. The van der Waals surface area contributed by atoms with Gasteiger partial charge in [0.05, 0.1) is 11.0 Å². The number of para-hydroxylation sites is 2. The number of aromatic nitrogens is 2. The third-order valence-corrected chi connectivity index (χ3v) is 5.11. The Morgan fingerprint density at radius 1 is 0.846 bits per heavy atom. The zero-order valence-electron chi connectivity index (χ0n) is 15.4. The van der Waals surface area contributed by atoms with Gasteiger partial charge in [0.2, 0.25) is 0 Å². The smallest absolute Gasteiger partial charge is 0.113 e. The quantitative estimate of drug-likeness (QED) is 0.419. The van der Waals surface area contributed by atoms with Gasteiger partial charge in [0, 0.05) is 12.5 Å². The molecule has 2 nitrogen and oxygen atoms in total. The van der Waals surface area contributed by atoms with Crippen LogP contribution < -0.4 is 0 Å². The second kappa shape index (κ2) is 7.17. The van der Waals surface area contributed by atoms with Gasteiger partial charge in [-0.25, -0.2) is 4.98 Å². The van der Waals surface area contributed by atoms with Crippen LogP contribution in [0.5, 0.6) is 0 Å². The summed E-state index contributed by atoms with van der Waals surface area (Å²) in [5, 5.41) is 0. The van der Waals surface area contributed by atoms with E-state index in [9.17, 15) is 0 Å². The van der Waals surface area contributed by atoms with Crippen molar-refractivity contribution in [3.05, 3.63) is 90.3 Å². The number of benzene rings is 3. The standard InChI is InChI=1S/C24H24N2/c1-3-18(2)24-25-22-14-7-8-15-23(22)26(24)17-19-10-9-13-21(16-19)20-11-5-4-6-12-20/h4-16,18H,3,17H2,1-2H3. The number of hydrogen-bond donors (Lipinski definition) is 0. The maximum absolute atomic E-state index is 4.92. The van der Waals surface area contributed by atoms with Crippen molar-refractivity contribution in [1.82, 2.24) is 9.55 Å². The van der Waals surface area contributed by atoms with Crippen LogP contribution in [0.2, 0.25) is 0 Å². The average Bonchev–Trinajstić information content (AvgIpc) is 3.07. The van der Waals surface area contributed by atoms with E-state index in [-0.39, 0.29) is 0 Å². The van der Waals surface area contributed by atoms with Crippen molar-refractivity contribution in [1.29, 1.82) is 0 Å². The van der Waals surface area contributed by atoms with Gasteiger partial charge in [0.25, 0.3) is 0 Å². The molecule has 4 aromatic rings. The van der Waals surface area contributed by atoms with E-state index in [1.165, 1.54) is 28.0 Å². The summed E-state index contributed by atoms with van der Waals surface area (Å²) < 4.78 is 2.38. The molecule has 1 aromatic heterocycles. The molecule has 0 aliphatic carbocycles. The van der Waals surface area contributed by atoms with Crippen LogP contribution in [0.15, 0.2) is 78.9 Å². The fraction of sp³-hybridized carbons (Fsp3) is 0.208. The Kier molecular flexibility index (Phi) is 4.57. The Labute approximate surface area is 155 Å². The van der Waals surface area contributed by atoms with Crippen LogP contribution in [0.3, 0.4) is 0 Å². The number of hydrogen-bond acceptors (Lipinski definition) is 1. The third-order valence-electron chi connectivity index (χ3n) is 5.11. The number of nitrogens with zero attached hydrogens (tertiary/aromatic N) is 2. The maximum atomic E-state index is 4.92. The minimum absolute atomic E-state index is 0.444. The second-order valence-corrected chi connectivity index (χ2v) is 6.92. The molecule has 26 heavy (non-hydrogen) atoms. The zero-order chi connectivity index (χ0) is 17.9. The van der Waals surface area contributed by atoms with Crippen molar-refractivity contribution in [2.45, 2.75) is 32.7 Å². The first-order valence-electron chi connectivity index (χ1n) is 9.35. The van der Waals surface area contributed by atoms with Crippen LogP contribution in [0, 0.1) is 0 Å². The monoisotopic (exact) mass is 340 g/mol. The first-order valence-corrected chi connectivity index (χ1v) is 9.35. The summed E-state index contributed by atoms with van der Waals surface area (Å²) in [7, 11) is 0. The molecule has 1 heterocycles. The zero-order valence-corrected chi connectivity index (χ0v) is 15.4. The SMILES string of the molecule is CCC(C)c1nc2ccccc2n1Cc1cccc(-c2ccccc2)c1. The van der Waals surface area contributed by atoms with Gasteiger partial charge in [-0.2, -0.15) is 0 Å². The highest BCUT2D eigenvalue weighted by molar-refractivity contribution is 5.76. The van der Waals surface area contributed by atoms with Crippen molar-refractivity contribution in [3.8, 4) is 11.1 Å². The Hall–Kier alpha value is -2.87. The lowest BCUT2D eigenvalue weighted by molar-refractivity contribution is 0.627. The van der Waals surface area contributed by atoms with Gasteiger partial charge in [-0.3, -0.25) is 0 Å². The predicted octanol–water partition coefficient (Wildman–Crippen LogP) is 6.27. The molecule has 4 rings (SSSR count). The highest BCUT2D eigenvalue weighted by Crippen LogP contribution is 2.26. The highest BCUT2D eigenvalue weighted by Gasteiger charge is 2.15. The van der Waals surface area contributed by atoms with E-state index in [0.29, 0.717) is 5.92 Å². The van der Waals surface area contributed by atoms with Gasteiger partial charge >= 0.3 is 0 Å². The van der Waals surface area contributed by atoms with Gasteiger partial charge in [0.1, 0.15) is 5.82 Å². The first kappa shape index (κ1) is 16.6. The molecule has 0 fully saturated rings. The number of fused-ring (bicyclic) bond motifs is 1. The van der Waals surface area contributed by atoms with Crippen LogP contribution in [-0.2, 0) is 6.54 Å². The molecular weight excluding hydrogens is 316 g/mol. The van der Waals surface area contributed by atoms with Gasteiger partial charge in [-0.05, 0) is 41.3 Å². The van der Waals surface area contributed by atoms with E-state index in [1.807, 2.05) is 0 Å². The van der Waals surface area contributed by atoms with Gasteiger partial charge in [0.15, 0.2) is 0 Å². The van der Waals surface area contributed by atoms with Gasteiger partial charge in [-0.15, -0.1) is 0 Å². The molecule has 0 N–H and O–H groups in total. The van der Waals surface area contributed by atoms with Crippen LogP contribution in [0.4, 0.5) is 0 Å². The summed E-state index contributed by atoms with van der Waals surface area (Å²) in [6.07, 6.45) is 1.09. The van der Waals surface area contributed by atoms with Gasteiger partial charge in [-0.1, -0.05) is 74.5 Å². The van der Waals surface area contributed by atoms with Crippen LogP contribution in [0.1, 0.15) is 37.6 Å². The molecule has 1 unspecified atom stereocenters. The lowest BCUT2D eigenvalue weighted by Crippen LogP contribution is -2.08. The van der Waals surface area contributed by atoms with E-state index in [2.05, 4.69) is 97.3 Å². The van der Waals surface area contributed by atoms with Crippen molar-refractivity contribution in [2.24, 2.45) is 0 Å². The predicted molar refractivity (Wildman–Crippen MR) is 109 cm³/mol. The molecular formula is C24H24N2. The molecule has 0 radical (unpaired) electrons. The average molecular weight is 340 g/mol. The van der Waals surface area contributed by atoms with Crippen LogP contribution >= 0.6 is 0 Å². The summed E-state index contributed by atoms with van der Waals surface area (Å²) in [5.74, 6) is 1.62. The molecule has 1 atom stereocenters. The lowest BCUT2D eigenvalue weighted by atomic mass is 10.0. The van der Waals surface area contributed by atoms with Crippen LogP contribution in [-0.4, -0.2) is 9.55 Å². The molecule has 0 spiro atoms. The number of imidazole rings is 1. The molecule has 2 heteroatoms. The maximum Gasteiger partial charge on any atom is 0.113 e. The van der Waals surface area contributed by atoms with Crippen molar-refractivity contribution < 1.29 is 0 Å². The Morgan fingerprint density at radius 2 is 1.58 bits per heavy atom. The van der Waals surface area contributed by atoms with Gasteiger partial charge < -0.3 is 4.57 Å². The molecule has 3 aromatic carbocycles. The van der Waals surface area contributed by atoms with Crippen molar-refractivity contribution >= 4 is 11.0 Å². The van der Waals surface area contributed by atoms with E-state index in [0.717, 1.165) is 18.5 Å². The Morgan fingerprint density at radius 3 is 2.38 bits per heavy atom. The van der Waals surface area contributed by atoms with E-state index < -0.39 is 0 Å². The van der Waals surface area contributed by atoms with E-state index in [1.54, 1.807) is 0 Å². The molecule has 130 valence electrons. The minimum Gasteiger partial charge on any atom is -0.323 e. The summed E-state index contributed by atoms with van der Waals surface area (Å²) in [6, 6.07) is 27.9. The molecule has 0 amide bonds. The fourth-order valence-electron chi connectivity index (χ4n) is 3.48. The largest absolute Gasteiger partial charge is 0.323 e. The molecule has 0 saturated carbocycles. The third kappa shape index (κ3) is 3.15. The molecule has 0 aliphatic rings. The highest BCUT2D eigenvalue weighted by atomic mass is 15.1. The van der Waals surface area contributed by atoms with Crippen molar-refractivity contribution in [3.63, 3.8) is 0 Å².